The highest BCUT2D eigenvalue weighted by atomic mass is 35.5. The molecule has 0 spiro atoms. The summed E-state index contributed by atoms with van der Waals surface area (Å²) in [4.78, 5) is 36.9. The number of carbonyl (C=O) groups excluding carboxylic acids is 2. The number of aliphatic imine (C=N–C) groups is 1. The van der Waals surface area contributed by atoms with Crippen LogP contribution in [0.1, 0.15) is 30.5 Å². The summed E-state index contributed by atoms with van der Waals surface area (Å²) in [7, 11) is 0. The molecule has 12 heteroatoms. The smallest absolute Gasteiger partial charge is 0.347 e. The first kappa shape index (κ1) is 26.2. The quantitative estimate of drug-likeness (QED) is 0.513. The number of aromatic nitrogens is 1. The second-order valence-electron chi connectivity index (χ2n) is 8.09. The van der Waals surface area contributed by atoms with Crippen LogP contribution in [0, 0.1) is 5.82 Å². The van der Waals surface area contributed by atoms with Crippen LogP contribution in [0.15, 0.2) is 46.0 Å². The zero-order valence-corrected chi connectivity index (χ0v) is 21.4. The first-order chi connectivity index (χ1) is 17.4. The van der Waals surface area contributed by atoms with E-state index in [0.717, 1.165) is 0 Å². The summed E-state index contributed by atoms with van der Waals surface area (Å²) in [6.45, 7) is 6.09. The Balaban J connectivity index is 1.78. The van der Waals surface area contributed by atoms with Crippen LogP contribution in [0.25, 0.3) is 0 Å². The lowest BCUT2D eigenvalue weighted by Gasteiger charge is -2.32. The number of ether oxygens (including phenoxy) is 3. The number of hydrogen-bond acceptors (Lipinski definition) is 10. The molecule has 0 aliphatic carbocycles. The van der Waals surface area contributed by atoms with Gasteiger partial charge in [0.15, 0.2) is 16.9 Å². The number of morpholine rings is 1. The van der Waals surface area contributed by atoms with Gasteiger partial charge in [-0.1, -0.05) is 17.7 Å². The van der Waals surface area contributed by atoms with Crippen molar-refractivity contribution >= 4 is 40.7 Å². The molecule has 1 aromatic carbocycles. The number of hydrogen-bond donors (Lipinski definition) is 1. The summed E-state index contributed by atoms with van der Waals surface area (Å²) < 4.78 is 29.8. The molecule has 1 unspecified atom stereocenters. The van der Waals surface area contributed by atoms with Crippen LogP contribution < -0.4 is 5.32 Å². The molecule has 4 rings (SSSR count). The normalized spacial score (nSPS) is 19.3. The predicted octanol–water partition coefficient (Wildman–Crippen LogP) is 3.11. The molecule has 0 saturated carbocycles. The minimum absolute atomic E-state index is 0.110. The topological polar surface area (TPSA) is 102 Å². The van der Waals surface area contributed by atoms with Gasteiger partial charge in [0.2, 0.25) is 0 Å². The lowest BCUT2D eigenvalue weighted by atomic mass is 9.95. The average molecular weight is 537 g/mol. The summed E-state index contributed by atoms with van der Waals surface area (Å²) in [5, 5.41) is 5.79. The summed E-state index contributed by atoms with van der Waals surface area (Å²) in [5.74, 6) is -1.47. The van der Waals surface area contributed by atoms with Crippen molar-refractivity contribution in [3.8, 4) is 0 Å². The zero-order valence-electron chi connectivity index (χ0n) is 19.8. The molecule has 9 nitrogen and oxygen atoms in total. The number of carbonyl (C=O) groups is 2. The van der Waals surface area contributed by atoms with Gasteiger partial charge in [-0.2, -0.15) is 0 Å². The van der Waals surface area contributed by atoms with Gasteiger partial charge in [-0.05, 0) is 26.0 Å². The van der Waals surface area contributed by atoms with E-state index in [1.807, 2.05) is 5.38 Å². The summed E-state index contributed by atoms with van der Waals surface area (Å²) in [6, 6.07) is 3.00. The third-order valence-corrected chi connectivity index (χ3v) is 6.73. The lowest BCUT2D eigenvalue weighted by Crippen LogP contribution is -2.43. The van der Waals surface area contributed by atoms with Crippen LogP contribution in [-0.4, -0.2) is 73.2 Å². The van der Waals surface area contributed by atoms with Crippen molar-refractivity contribution in [1.29, 1.82) is 0 Å². The van der Waals surface area contributed by atoms with E-state index in [1.165, 1.54) is 36.5 Å². The van der Waals surface area contributed by atoms with Crippen LogP contribution in [0.5, 0.6) is 0 Å². The number of benzene rings is 1. The van der Waals surface area contributed by atoms with Gasteiger partial charge in [0.25, 0.3) is 0 Å². The molecule has 192 valence electrons. The SMILES string of the molecule is CCOC(=O)C(C)OC(=O)C1=C(CN2CCOCC2)NC(c2nccs2)=N[C@H]1c1ccc(F)cc1Cl. The maximum absolute atomic E-state index is 13.9. The van der Waals surface area contributed by atoms with E-state index >= 15 is 0 Å². The minimum atomic E-state index is -1.14. The summed E-state index contributed by atoms with van der Waals surface area (Å²) in [6.07, 6.45) is 0.517. The predicted molar refractivity (Wildman–Crippen MR) is 132 cm³/mol. The van der Waals surface area contributed by atoms with Crippen molar-refractivity contribution in [3.63, 3.8) is 0 Å². The number of rotatable bonds is 8. The summed E-state index contributed by atoms with van der Waals surface area (Å²) in [5.41, 5.74) is 1.12. The number of nitrogens with zero attached hydrogens (tertiary/aromatic N) is 3. The highest BCUT2D eigenvalue weighted by Crippen LogP contribution is 2.37. The van der Waals surface area contributed by atoms with Gasteiger partial charge >= 0.3 is 11.9 Å². The average Bonchev–Trinajstić information content (AvgIpc) is 3.39. The Hall–Kier alpha value is -2.86. The molecule has 3 heterocycles. The fourth-order valence-corrected chi connectivity index (χ4v) is 4.73. The molecule has 2 aromatic rings. The number of amidine groups is 1. The monoisotopic (exact) mass is 536 g/mol. The van der Waals surface area contributed by atoms with Gasteiger partial charge in [0.05, 0.1) is 25.4 Å². The van der Waals surface area contributed by atoms with Crippen molar-refractivity contribution in [2.75, 3.05) is 39.5 Å². The molecule has 36 heavy (non-hydrogen) atoms. The molecule has 1 N–H and O–H groups in total. The maximum atomic E-state index is 13.9. The van der Waals surface area contributed by atoms with Crippen molar-refractivity contribution in [2.24, 2.45) is 4.99 Å². The molecule has 1 saturated heterocycles. The molecule has 1 aromatic heterocycles. The van der Waals surface area contributed by atoms with E-state index < -0.39 is 29.9 Å². The van der Waals surface area contributed by atoms with E-state index in [2.05, 4.69) is 15.2 Å². The van der Waals surface area contributed by atoms with Crippen molar-refractivity contribution < 1.29 is 28.2 Å². The standard InChI is InChI=1S/C24H26ClFN4O5S/c1-3-34-23(31)14(2)35-24(32)19-18(13-30-7-9-33-10-8-30)28-21(22-27-6-11-36-22)29-20(19)16-5-4-15(26)12-17(16)25/h4-6,11-12,14,20H,3,7-10,13H2,1-2H3,(H,28,29)/t14?,20-/m0/s1. The number of halogens is 2. The Kier molecular flexibility index (Phi) is 8.68. The fraction of sp³-hybridized carbons (Fsp3) is 0.417. The maximum Gasteiger partial charge on any atom is 0.347 e. The van der Waals surface area contributed by atoms with E-state index in [-0.39, 0.29) is 17.2 Å². The highest BCUT2D eigenvalue weighted by molar-refractivity contribution is 7.11. The Labute approximate surface area is 216 Å². The highest BCUT2D eigenvalue weighted by Gasteiger charge is 2.36. The third kappa shape index (κ3) is 6.09. The van der Waals surface area contributed by atoms with Crippen LogP contribution in [0.3, 0.4) is 0 Å². The molecule has 2 aliphatic rings. The van der Waals surface area contributed by atoms with Crippen LogP contribution in [0.2, 0.25) is 5.02 Å². The lowest BCUT2D eigenvalue weighted by molar-refractivity contribution is -0.164. The van der Waals surface area contributed by atoms with Crippen LogP contribution in [0.4, 0.5) is 4.39 Å². The Bertz CT molecular complexity index is 1170. The second kappa shape index (κ2) is 11.9. The van der Waals surface area contributed by atoms with Gasteiger partial charge in [-0.3, -0.25) is 9.89 Å². The van der Waals surface area contributed by atoms with Gasteiger partial charge < -0.3 is 19.5 Å². The Morgan fingerprint density at radius 2 is 2.14 bits per heavy atom. The van der Waals surface area contributed by atoms with Crippen LogP contribution in [-0.2, 0) is 23.8 Å². The Morgan fingerprint density at radius 3 is 2.81 bits per heavy atom. The van der Waals surface area contributed by atoms with Crippen molar-refractivity contribution in [1.82, 2.24) is 15.2 Å². The van der Waals surface area contributed by atoms with Gasteiger partial charge in [-0.25, -0.2) is 19.0 Å². The molecule has 0 radical (unpaired) electrons. The molecule has 0 amide bonds. The molecular formula is C24H26ClFN4O5S. The van der Waals surface area contributed by atoms with Gasteiger partial charge in [0, 0.05) is 47.5 Å². The van der Waals surface area contributed by atoms with E-state index in [0.29, 0.717) is 55.0 Å². The van der Waals surface area contributed by atoms with E-state index in [9.17, 15) is 14.0 Å². The largest absolute Gasteiger partial charge is 0.463 e. The molecule has 2 aliphatic heterocycles. The molecular weight excluding hydrogens is 511 g/mol. The first-order valence-corrected chi connectivity index (χ1v) is 12.7. The second-order valence-corrected chi connectivity index (χ2v) is 9.39. The number of nitrogens with one attached hydrogen (secondary N) is 1. The van der Waals surface area contributed by atoms with Crippen molar-refractivity contribution in [2.45, 2.75) is 26.0 Å². The molecule has 2 atom stereocenters. The number of esters is 2. The molecule has 0 bridgehead atoms. The van der Waals surface area contributed by atoms with Crippen LogP contribution >= 0.6 is 22.9 Å². The minimum Gasteiger partial charge on any atom is -0.463 e. The van der Waals surface area contributed by atoms with Gasteiger partial charge in [-0.15, -0.1) is 11.3 Å². The third-order valence-electron chi connectivity index (χ3n) is 5.63. The fourth-order valence-electron chi connectivity index (χ4n) is 3.87. The number of thiazole rings is 1. The molecule has 1 fully saturated rings. The van der Waals surface area contributed by atoms with Crippen molar-refractivity contribution in [3.05, 3.63) is 62.5 Å². The first-order valence-electron chi connectivity index (χ1n) is 11.5. The van der Waals surface area contributed by atoms with Gasteiger partial charge in [0.1, 0.15) is 11.9 Å². The van der Waals surface area contributed by atoms with E-state index in [1.54, 1.807) is 13.1 Å². The summed E-state index contributed by atoms with van der Waals surface area (Å²) >= 11 is 7.80. The van der Waals surface area contributed by atoms with E-state index in [4.69, 9.17) is 30.8 Å². The Morgan fingerprint density at radius 1 is 1.36 bits per heavy atom. The zero-order chi connectivity index (χ0) is 25.7.